The van der Waals surface area contributed by atoms with Crippen LogP contribution in [0.3, 0.4) is 0 Å². The van der Waals surface area contributed by atoms with Crippen molar-refractivity contribution in [2.24, 2.45) is 0 Å². The minimum Gasteiger partial charge on any atom is -0.693 e. The van der Waals surface area contributed by atoms with E-state index in [1.807, 2.05) is 0 Å². The fourth-order valence-electron chi connectivity index (χ4n) is 0. The molecule has 0 aliphatic heterocycles. The first kappa shape index (κ1) is 226. The van der Waals surface area contributed by atoms with E-state index in [2.05, 4.69) is 0 Å². The van der Waals surface area contributed by atoms with Crippen molar-refractivity contribution in [1.82, 2.24) is 0 Å². The predicted molar refractivity (Wildman–Crippen MR) is 23.9 cm³/mol. The summed E-state index contributed by atoms with van der Waals surface area (Å²) in [5, 5.41) is 0. The van der Waals surface area contributed by atoms with E-state index in [-0.39, 0.29) is 38.4 Å². The van der Waals surface area contributed by atoms with Crippen LogP contribution in [0.15, 0.2) is 0 Å². The third kappa shape index (κ3) is 22.9. The topological polar surface area (TPSA) is 33.5 Å². The molecule has 24 valence electrons. The molecule has 4 heavy (non-hydrogen) atoms. The van der Waals surface area contributed by atoms with Gasteiger partial charge in [-0.2, -0.15) is 0 Å². The molecule has 0 atom stereocenters. The van der Waals surface area contributed by atoms with Crippen LogP contribution in [0.1, 0.15) is 0 Å². The molecule has 0 spiro atoms. The fourth-order valence-corrected chi connectivity index (χ4v) is 0. The first-order valence-corrected chi connectivity index (χ1v) is 0. The normalized spacial score (nSPS) is 0. The van der Waals surface area contributed by atoms with Gasteiger partial charge in [-0.25, -0.2) is 0 Å². The minimum absolute atomic E-state index is 0. The second kappa shape index (κ2) is 89.5. The maximum Gasteiger partial charge on any atom is 3.00 e. The molecule has 0 rings (SSSR count). The van der Waals surface area contributed by atoms with Gasteiger partial charge in [0.25, 0.3) is 0 Å². The van der Waals surface area contributed by atoms with E-state index in [4.69, 9.17) is 0 Å². The van der Waals surface area contributed by atoms with E-state index in [1.165, 1.54) is 0 Å². The maximum atomic E-state index is 0. The molecule has 0 saturated carbocycles. The van der Waals surface area contributed by atoms with Gasteiger partial charge in [0.15, 0.2) is 0 Å². The van der Waals surface area contributed by atoms with Gasteiger partial charge in [0.05, 0.1) is 0 Å². The zero-order valence-corrected chi connectivity index (χ0v) is 4.31. The second-order valence-corrected chi connectivity index (χ2v) is 0. The van der Waals surface area contributed by atoms with Gasteiger partial charge in [-0.3, -0.25) is 0 Å². The van der Waals surface area contributed by atoms with Crippen molar-refractivity contribution < 1.29 is 0 Å². The molecule has 0 radical (unpaired) electrons. The van der Waals surface area contributed by atoms with Crippen LogP contribution in [0.2, 0.25) is 0 Å². The molecule has 0 fully saturated rings. The molecular weight excluding hydrogens is 65.0 g/mol. The summed E-state index contributed by atoms with van der Waals surface area (Å²) in [6, 6.07) is 0. The monoisotopic (exact) mass is 73.0 g/mol. The van der Waals surface area contributed by atoms with Crippen LogP contribution >= 0.6 is 0 Å². The molecule has 0 bridgehead atoms. The predicted octanol–water partition coefficient (Wildman–Crippen LogP) is 1.24. The van der Waals surface area contributed by atoms with Gasteiger partial charge in [-0.1, -0.05) is 0 Å². The molecule has 1 nitrogen and oxygen atoms in total. The summed E-state index contributed by atoms with van der Waals surface area (Å²) in [5.41, 5.74) is 0. The van der Waals surface area contributed by atoms with E-state index < -0.39 is 0 Å². The third-order valence-corrected chi connectivity index (χ3v) is 0. The summed E-state index contributed by atoms with van der Waals surface area (Å²) in [6.45, 7) is 0. The standard InChI is InChI=1S/2CH3.Al.H2N/h2*1H3;;1H2/q2*-1;+3;-1. The largest absolute Gasteiger partial charge is 3.00 e. The maximum absolute atomic E-state index is 0. The molecule has 0 amide bonds. The first-order valence-electron chi connectivity index (χ1n) is 0. The molecule has 0 aliphatic rings. The van der Waals surface area contributed by atoms with E-state index in [0.717, 1.165) is 0 Å². The van der Waals surface area contributed by atoms with Crippen molar-refractivity contribution in [2.75, 3.05) is 0 Å². The molecule has 0 heterocycles. The van der Waals surface area contributed by atoms with Crippen molar-refractivity contribution in [3.8, 4) is 0 Å². The Bertz CT molecular complexity index is 6.00. The molecule has 0 unspecified atom stereocenters. The zero-order valence-electron chi connectivity index (χ0n) is 3.15. The van der Waals surface area contributed by atoms with Crippen molar-refractivity contribution >= 4 is 17.4 Å². The Morgan fingerprint density at radius 3 is 0.750 bits per heavy atom. The van der Waals surface area contributed by atoms with E-state index in [0.29, 0.717) is 0 Å². The third-order valence-electron chi connectivity index (χ3n) is 0. The van der Waals surface area contributed by atoms with Crippen molar-refractivity contribution in [2.45, 2.75) is 0 Å². The molecule has 0 aromatic heterocycles. The average molecular weight is 73.1 g/mol. The quantitative estimate of drug-likeness (QED) is 0.305. The molecule has 0 saturated heterocycles. The summed E-state index contributed by atoms with van der Waals surface area (Å²) < 4.78 is 0. The van der Waals surface area contributed by atoms with Gasteiger partial charge >= 0.3 is 17.4 Å². The average Bonchev–Trinajstić information content (AvgIpc) is 0. The van der Waals surface area contributed by atoms with Crippen LogP contribution in [0.25, 0.3) is 6.15 Å². The Morgan fingerprint density at radius 1 is 0.750 bits per heavy atom. The number of hydrogen-bond acceptors (Lipinski definition) is 0. The second-order valence-electron chi connectivity index (χ2n) is 0. The summed E-state index contributed by atoms with van der Waals surface area (Å²) in [5.74, 6) is 0. The fraction of sp³-hybridized carbons (Fsp3) is 0. The van der Waals surface area contributed by atoms with Gasteiger partial charge in [-0.15, -0.1) is 0 Å². The van der Waals surface area contributed by atoms with Gasteiger partial charge in [0.1, 0.15) is 0 Å². The van der Waals surface area contributed by atoms with Crippen LogP contribution in [0.5, 0.6) is 0 Å². The van der Waals surface area contributed by atoms with E-state index in [1.54, 1.807) is 0 Å². The van der Waals surface area contributed by atoms with Crippen molar-refractivity contribution in [1.29, 1.82) is 0 Å². The number of hydrogen-bond donors (Lipinski definition) is 0. The number of rotatable bonds is 0. The summed E-state index contributed by atoms with van der Waals surface area (Å²) in [4.78, 5) is 0. The summed E-state index contributed by atoms with van der Waals surface area (Å²) in [7, 11) is 0. The van der Waals surface area contributed by atoms with Gasteiger partial charge < -0.3 is 21.0 Å². The first-order chi connectivity index (χ1) is 0. The molecule has 0 aromatic rings. The van der Waals surface area contributed by atoms with Crippen molar-refractivity contribution in [3.05, 3.63) is 21.0 Å². The molecule has 2 heteroatoms. The summed E-state index contributed by atoms with van der Waals surface area (Å²) in [6.07, 6.45) is 0. The molecule has 0 aliphatic carbocycles. The number of nitrogens with two attached hydrogens (primary N) is 1. The van der Waals surface area contributed by atoms with Crippen LogP contribution in [0.4, 0.5) is 0 Å². The Kier molecular flexibility index (Phi) is 5050. The van der Waals surface area contributed by atoms with Crippen LogP contribution in [0, 0.1) is 14.9 Å². The van der Waals surface area contributed by atoms with E-state index >= 15 is 0 Å². The smallest absolute Gasteiger partial charge is 0.693 e. The van der Waals surface area contributed by atoms with Crippen LogP contribution < -0.4 is 0 Å². The Balaban J connectivity index is 0. The Labute approximate surface area is 39.1 Å². The Morgan fingerprint density at radius 2 is 0.750 bits per heavy atom. The molecular formula is C2H8AlN. The van der Waals surface area contributed by atoms with Gasteiger partial charge in [0.2, 0.25) is 0 Å². The van der Waals surface area contributed by atoms with Crippen LogP contribution in [-0.2, 0) is 0 Å². The minimum atomic E-state index is 0. The van der Waals surface area contributed by atoms with Gasteiger partial charge in [-0.05, 0) is 0 Å². The van der Waals surface area contributed by atoms with Crippen LogP contribution in [-0.4, -0.2) is 17.4 Å². The molecule has 0 aromatic carbocycles. The zero-order chi connectivity index (χ0) is 0. The summed E-state index contributed by atoms with van der Waals surface area (Å²) >= 11 is 0. The Hall–Kier alpha value is 0.492. The SMILES string of the molecule is [Al+3].[CH3-].[CH3-].[NH2-]. The molecule has 2 N–H and O–H groups in total. The van der Waals surface area contributed by atoms with Crippen molar-refractivity contribution in [3.63, 3.8) is 0 Å². The van der Waals surface area contributed by atoms with E-state index in [9.17, 15) is 0 Å². The van der Waals surface area contributed by atoms with Gasteiger partial charge in [0, 0.05) is 0 Å².